The highest BCUT2D eigenvalue weighted by Gasteiger charge is 2.36. The second-order valence-corrected chi connectivity index (χ2v) is 6.20. The predicted molar refractivity (Wildman–Crippen MR) is 90.2 cm³/mol. The molecule has 2 fully saturated rings. The van der Waals surface area contributed by atoms with Crippen LogP contribution in [0.1, 0.15) is 0 Å². The van der Waals surface area contributed by atoms with Crippen molar-refractivity contribution in [3.63, 3.8) is 0 Å². The monoisotopic (exact) mass is 345 g/mol. The normalized spacial score (nSPS) is 23.7. The third kappa shape index (κ3) is 3.84. The maximum Gasteiger partial charge on any atom is 0.238 e. The van der Waals surface area contributed by atoms with Gasteiger partial charge in [-0.3, -0.25) is 9.69 Å². The van der Waals surface area contributed by atoms with E-state index in [1.165, 1.54) is 0 Å². The Morgan fingerprint density at radius 3 is 2.73 bits per heavy atom. The van der Waals surface area contributed by atoms with Gasteiger partial charge in [0.25, 0.3) is 0 Å². The molecule has 2 aliphatic heterocycles. The molecule has 1 aromatic rings. The second-order valence-electron chi connectivity index (χ2n) is 5.77. The summed E-state index contributed by atoms with van der Waals surface area (Å²) >= 11 is 5.97. The van der Waals surface area contributed by atoms with Gasteiger partial charge in [-0.15, -0.1) is 12.4 Å². The summed E-state index contributed by atoms with van der Waals surface area (Å²) in [4.78, 5) is 14.4. The van der Waals surface area contributed by atoms with Crippen LogP contribution in [0, 0.1) is 11.8 Å². The average Bonchev–Trinajstić information content (AvgIpc) is 2.99. The lowest BCUT2D eigenvalue weighted by Crippen LogP contribution is -2.33. The molecule has 2 aliphatic rings. The summed E-state index contributed by atoms with van der Waals surface area (Å²) in [6.45, 7) is 4.56. The van der Waals surface area contributed by atoms with E-state index in [4.69, 9.17) is 16.3 Å². The Labute approximate surface area is 141 Å². The molecule has 0 spiro atoms. The molecule has 5 nitrogen and oxygen atoms in total. The van der Waals surface area contributed by atoms with E-state index in [0.29, 0.717) is 34.8 Å². The zero-order valence-corrected chi connectivity index (χ0v) is 14.0. The van der Waals surface area contributed by atoms with Crippen molar-refractivity contribution in [2.24, 2.45) is 11.8 Å². The van der Waals surface area contributed by atoms with Crippen LogP contribution in [-0.2, 0) is 4.79 Å². The second kappa shape index (κ2) is 7.51. The minimum Gasteiger partial charge on any atom is -0.495 e. The summed E-state index contributed by atoms with van der Waals surface area (Å²) in [5, 5.41) is 6.87. The van der Waals surface area contributed by atoms with E-state index in [1.54, 1.807) is 25.3 Å². The molecule has 3 rings (SSSR count). The average molecular weight is 346 g/mol. The van der Waals surface area contributed by atoms with Gasteiger partial charge in [0.05, 0.1) is 19.3 Å². The van der Waals surface area contributed by atoms with Gasteiger partial charge in [-0.05, 0) is 43.1 Å². The highest BCUT2D eigenvalue weighted by Crippen LogP contribution is 2.28. The number of halogens is 2. The molecule has 2 heterocycles. The fraction of sp³-hybridized carbons (Fsp3) is 0.533. The Morgan fingerprint density at radius 2 is 2.09 bits per heavy atom. The number of amides is 1. The molecular formula is C15H21Cl2N3O2. The van der Waals surface area contributed by atoms with Gasteiger partial charge in [0.1, 0.15) is 5.75 Å². The largest absolute Gasteiger partial charge is 0.495 e. The van der Waals surface area contributed by atoms with Crippen LogP contribution in [-0.4, -0.2) is 50.6 Å². The first-order chi connectivity index (χ1) is 10.2. The summed E-state index contributed by atoms with van der Waals surface area (Å²) in [5.41, 5.74) is 0.621. The minimum atomic E-state index is -0.0245. The van der Waals surface area contributed by atoms with Crippen molar-refractivity contribution in [2.75, 3.05) is 45.2 Å². The van der Waals surface area contributed by atoms with E-state index in [0.717, 1.165) is 26.2 Å². The number of anilines is 1. The smallest absolute Gasteiger partial charge is 0.238 e. The zero-order valence-electron chi connectivity index (χ0n) is 12.5. The van der Waals surface area contributed by atoms with Crippen molar-refractivity contribution < 1.29 is 9.53 Å². The molecule has 2 saturated heterocycles. The van der Waals surface area contributed by atoms with Crippen LogP contribution in [0.5, 0.6) is 5.75 Å². The van der Waals surface area contributed by atoms with Crippen LogP contribution in [0.15, 0.2) is 18.2 Å². The predicted octanol–water partition coefficient (Wildman–Crippen LogP) is 1.86. The first kappa shape index (κ1) is 17.3. The summed E-state index contributed by atoms with van der Waals surface area (Å²) in [6, 6.07) is 5.20. The molecule has 0 radical (unpaired) electrons. The molecule has 122 valence electrons. The Bertz CT molecular complexity index is 530. The number of methoxy groups -OCH3 is 1. The van der Waals surface area contributed by atoms with Crippen LogP contribution in [0.4, 0.5) is 5.69 Å². The Morgan fingerprint density at radius 1 is 1.41 bits per heavy atom. The van der Waals surface area contributed by atoms with E-state index in [1.807, 2.05) is 0 Å². The summed E-state index contributed by atoms with van der Waals surface area (Å²) in [5.74, 6) is 1.98. The lowest BCUT2D eigenvalue weighted by molar-refractivity contribution is -0.117. The van der Waals surface area contributed by atoms with Gasteiger partial charge < -0.3 is 15.4 Å². The van der Waals surface area contributed by atoms with Gasteiger partial charge in [0, 0.05) is 18.1 Å². The van der Waals surface area contributed by atoms with E-state index >= 15 is 0 Å². The number of rotatable bonds is 4. The van der Waals surface area contributed by atoms with Gasteiger partial charge in [-0.1, -0.05) is 11.6 Å². The number of carbonyl (C=O) groups is 1. The molecule has 0 aliphatic carbocycles. The van der Waals surface area contributed by atoms with E-state index in [9.17, 15) is 4.79 Å². The van der Waals surface area contributed by atoms with E-state index in [-0.39, 0.29) is 18.3 Å². The van der Waals surface area contributed by atoms with Gasteiger partial charge in [0.15, 0.2) is 0 Å². The number of hydrogen-bond donors (Lipinski definition) is 2. The summed E-state index contributed by atoms with van der Waals surface area (Å²) in [6.07, 6.45) is 0. The van der Waals surface area contributed by atoms with Crippen LogP contribution < -0.4 is 15.4 Å². The Balaban J connectivity index is 0.00000176. The highest BCUT2D eigenvalue weighted by molar-refractivity contribution is 6.31. The molecule has 1 amide bonds. The third-order valence-corrected chi connectivity index (χ3v) is 4.50. The number of benzene rings is 1. The quantitative estimate of drug-likeness (QED) is 0.874. The van der Waals surface area contributed by atoms with Crippen molar-refractivity contribution in [1.29, 1.82) is 0 Å². The SMILES string of the molecule is COc1ccc(Cl)cc1NC(=O)CN1C[C@H]2CNC[C@H]2C1.Cl. The number of likely N-dealkylation sites (tertiary alicyclic amines) is 1. The Kier molecular flexibility index (Phi) is 5.92. The van der Waals surface area contributed by atoms with Crippen molar-refractivity contribution in [3.8, 4) is 5.75 Å². The maximum absolute atomic E-state index is 12.2. The molecule has 0 bridgehead atoms. The first-order valence-corrected chi connectivity index (χ1v) is 7.60. The Hall–Kier alpha value is -1.01. The van der Waals surface area contributed by atoms with Crippen molar-refractivity contribution in [3.05, 3.63) is 23.2 Å². The summed E-state index contributed by atoms with van der Waals surface area (Å²) in [7, 11) is 1.58. The molecule has 22 heavy (non-hydrogen) atoms. The number of ether oxygens (including phenoxy) is 1. The maximum atomic E-state index is 12.2. The third-order valence-electron chi connectivity index (χ3n) is 4.27. The fourth-order valence-corrected chi connectivity index (χ4v) is 3.42. The number of carbonyl (C=O) groups excluding carboxylic acids is 1. The van der Waals surface area contributed by atoms with E-state index in [2.05, 4.69) is 15.5 Å². The van der Waals surface area contributed by atoms with Crippen LogP contribution in [0.3, 0.4) is 0 Å². The zero-order chi connectivity index (χ0) is 14.8. The number of nitrogens with one attached hydrogen (secondary N) is 2. The molecule has 0 saturated carbocycles. The minimum absolute atomic E-state index is 0. The molecular weight excluding hydrogens is 325 g/mol. The molecule has 1 aromatic carbocycles. The first-order valence-electron chi connectivity index (χ1n) is 7.22. The molecule has 2 N–H and O–H groups in total. The lowest BCUT2D eigenvalue weighted by Gasteiger charge is -2.17. The van der Waals surface area contributed by atoms with Crippen molar-refractivity contribution in [2.45, 2.75) is 0 Å². The highest BCUT2D eigenvalue weighted by atomic mass is 35.5. The van der Waals surface area contributed by atoms with Gasteiger partial charge in [-0.2, -0.15) is 0 Å². The summed E-state index contributed by atoms with van der Waals surface area (Å²) < 4.78 is 5.24. The van der Waals surface area contributed by atoms with Gasteiger partial charge in [-0.25, -0.2) is 0 Å². The van der Waals surface area contributed by atoms with Crippen LogP contribution in [0.2, 0.25) is 5.02 Å². The fourth-order valence-electron chi connectivity index (χ4n) is 3.25. The topological polar surface area (TPSA) is 53.6 Å². The molecule has 0 unspecified atom stereocenters. The molecule has 7 heteroatoms. The molecule has 2 atom stereocenters. The van der Waals surface area contributed by atoms with Crippen LogP contribution >= 0.6 is 24.0 Å². The van der Waals surface area contributed by atoms with Crippen molar-refractivity contribution in [1.82, 2.24) is 10.2 Å². The lowest BCUT2D eigenvalue weighted by atomic mass is 10.0. The van der Waals surface area contributed by atoms with Crippen LogP contribution in [0.25, 0.3) is 0 Å². The number of fused-ring (bicyclic) bond motifs is 1. The van der Waals surface area contributed by atoms with Gasteiger partial charge >= 0.3 is 0 Å². The molecule has 0 aromatic heterocycles. The van der Waals surface area contributed by atoms with E-state index < -0.39 is 0 Å². The standard InChI is InChI=1S/C15H20ClN3O2.ClH/c1-21-14-3-2-12(16)4-13(14)18-15(20)9-19-7-10-5-17-6-11(10)8-19;/h2-4,10-11,17H,5-9H2,1H3,(H,18,20);1H/t10-,11+;. The number of nitrogens with zero attached hydrogens (tertiary/aromatic N) is 1. The van der Waals surface area contributed by atoms with Crippen molar-refractivity contribution >= 4 is 35.6 Å². The number of hydrogen-bond acceptors (Lipinski definition) is 4. The van der Waals surface area contributed by atoms with Gasteiger partial charge in [0.2, 0.25) is 5.91 Å².